The molecule has 1 saturated heterocycles. The van der Waals surface area contributed by atoms with Crippen LogP contribution in [0.4, 0.5) is 0 Å². The van der Waals surface area contributed by atoms with Crippen molar-refractivity contribution < 1.29 is 27.5 Å². The number of hydrogen-bond acceptors (Lipinski definition) is 10. The number of ether oxygens (including phenoxy) is 2. The van der Waals surface area contributed by atoms with Crippen molar-refractivity contribution in [2.45, 2.75) is 76.7 Å². The molecule has 3 aromatic rings. The van der Waals surface area contributed by atoms with Crippen molar-refractivity contribution in [2.24, 2.45) is 17.3 Å². The number of nitrogens with one attached hydrogen (secondary N) is 2. The van der Waals surface area contributed by atoms with Crippen LogP contribution in [0, 0.1) is 24.2 Å². The van der Waals surface area contributed by atoms with Crippen molar-refractivity contribution >= 4 is 44.0 Å². The molecule has 12 heteroatoms. The predicted molar refractivity (Wildman–Crippen MR) is 174 cm³/mol. The van der Waals surface area contributed by atoms with Gasteiger partial charge in [0.1, 0.15) is 28.3 Å². The van der Waals surface area contributed by atoms with Crippen molar-refractivity contribution in [3.05, 3.63) is 47.5 Å². The first-order valence-electron chi connectivity index (χ1n) is 15.4. The Morgan fingerprint density at radius 2 is 2.00 bits per heavy atom. The summed E-state index contributed by atoms with van der Waals surface area (Å²) in [5.74, 6) is 0.456. The number of carbonyl (C=O) groups is 2. The third-order valence-electron chi connectivity index (χ3n) is 9.53. The molecule has 2 N–H and O–H groups in total. The number of allylic oxidation sites excluding steroid dienone is 1. The van der Waals surface area contributed by atoms with E-state index in [1.165, 1.54) is 0 Å². The summed E-state index contributed by atoms with van der Waals surface area (Å²) >= 11 is 1.54. The average molecular weight is 653 g/mol. The van der Waals surface area contributed by atoms with Crippen LogP contribution in [0.3, 0.4) is 0 Å². The number of carbonyl (C=O) groups excluding carboxylic acids is 2. The molecule has 0 spiro atoms. The molecule has 5 atom stereocenters. The predicted octanol–water partition coefficient (Wildman–Crippen LogP) is 4.91. The second-order valence-corrected chi connectivity index (χ2v) is 15.8. The van der Waals surface area contributed by atoms with Gasteiger partial charge < -0.3 is 14.8 Å². The number of pyridine rings is 1. The standard InChI is InChI=1S/C33H40N4O6S2/c1-7-20-13-33(20,32(39)37-45(40,41)21-8-9-21)14-25(38)30-19(5)28(15-34-30)43-27-12-23(31-36-24(16-44-31)17(2)3)35-29-18(4)26(42-6)11-10-22(27)29/h7,10-12,16-17,19-21,28,30,34H,1,8-9,13-15H2,2-6H3,(H,37,39)/t19-,20-,28+,30+,33-/m1/s1. The smallest absolute Gasteiger partial charge is 0.240 e. The highest BCUT2D eigenvalue weighted by molar-refractivity contribution is 7.90. The molecule has 6 rings (SSSR count). The van der Waals surface area contributed by atoms with Crippen LogP contribution in [-0.4, -0.2) is 61.1 Å². The fraction of sp³-hybridized carbons (Fsp3) is 0.515. The van der Waals surface area contributed by atoms with Gasteiger partial charge in [0.15, 0.2) is 5.78 Å². The lowest BCUT2D eigenvalue weighted by Gasteiger charge is -2.23. The van der Waals surface area contributed by atoms with Gasteiger partial charge in [0.2, 0.25) is 15.9 Å². The third-order valence-corrected chi connectivity index (χ3v) is 12.2. The van der Waals surface area contributed by atoms with Gasteiger partial charge in [-0.1, -0.05) is 26.8 Å². The molecule has 3 fully saturated rings. The largest absolute Gasteiger partial charge is 0.496 e. The Kier molecular flexibility index (Phi) is 8.28. The molecule has 0 radical (unpaired) electrons. The van der Waals surface area contributed by atoms with Crippen LogP contribution < -0.4 is 19.5 Å². The summed E-state index contributed by atoms with van der Waals surface area (Å²) in [6.07, 6.45) is 2.75. The van der Waals surface area contributed by atoms with Crippen LogP contribution in [0.5, 0.6) is 11.5 Å². The van der Waals surface area contributed by atoms with Gasteiger partial charge in [0.05, 0.1) is 35.0 Å². The number of aryl methyl sites for hydroxylation is 1. The second-order valence-electron chi connectivity index (χ2n) is 12.9. The first-order valence-corrected chi connectivity index (χ1v) is 17.9. The maximum atomic E-state index is 13.7. The molecule has 10 nitrogen and oxygen atoms in total. The van der Waals surface area contributed by atoms with Gasteiger partial charge in [0.25, 0.3) is 0 Å². The minimum Gasteiger partial charge on any atom is -0.496 e. The van der Waals surface area contributed by atoms with E-state index in [4.69, 9.17) is 19.4 Å². The monoisotopic (exact) mass is 652 g/mol. The number of thiazole rings is 1. The van der Waals surface area contributed by atoms with Gasteiger partial charge in [-0.15, -0.1) is 17.9 Å². The van der Waals surface area contributed by atoms with Gasteiger partial charge in [0, 0.05) is 41.3 Å². The minimum absolute atomic E-state index is 0.0615. The highest BCUT2D eigenvalue weighted by Gasteiger charge is 2.61. The van der Waals surface area contributed by atoms with Gasteiger partial charge >= 0.3 is 0 Å². The molecule has 3 heterocycles. The number of fused-ring (bicyclic) bond motifs is 1. The highest BCUT2D eigenvalue weighted by Crippen LogP contribution is 2.57. The molecule has 240 valence electrons. The number of nitrogens with zero attached hydrogens (tertiary/aromatic N) is 2. The number of Topliss-reactive ketones (excluding diaryl/α,β-unsaturated/α-hetero) is 1. The fourth-order valence-electron chi connectivity index (χ4n) is 6.33. The number of sulfonamides is 1. The van der Waals surface area contributed by atoms with Crippen LogP contribution in [0.25, 0.3) is 21.6 Å². The molecular formula is C33H40N4O6S2. The van der Waals surface area contributed by atoms with E-state index in [0.717, 1.165) is 32.9 Å². The Bertz CT molecular complexity index is 1780. The number of rotatable bonds is 12. The first-order chi connectivity index (χ1) is 21.4. The van der Waals surface area contributed by atoms with E-state index in [2.05, 4.69) is 35.8 Å². The van der Waals surface area contributed by atoms with Gasteiger partial charge in [-0.05, 0) is 50.2 Å². The Morgan fingerprint density at radius 3 is 2.62 bits per heavy atom. The zero-order valence-corrected chi connectivity index (χ0v) is 27.9. The summed E-state index contributed by atoms with van der Waals surface area (Å²) in [6.45, 7) is 12.4. The Morgan fingerprint density at radius 1 is 1.24 bits per heavy atom. The quantitative estimate of drug-likeness (QED) is 0.262. The van der Waals surface area contributed by atoms with Crippen molar-refractivity contribution in [3.63, 3.8) is 0 Å². The SMILES string of the molecule is C=C[C@@H]1C[C@]1(CC(=O)[C@H]1NC[C@H](Oc2cc(-c3nc(C(C)C)cs3)nc3c(C)c(OC)ccc23)[C@H]1C)C(=O)NS(=O)(=O)C1CC1. The number of methoxy groups -OCH3 is 1. The third kappa shape index (κ3) is 5.88. The molecule has 3 aliphatic rings. The minimum atomic E-state index is -3.72. The van der Waals surface area contributed by atoms with E-state index in [9.17, 15) is 18.0 Å². The lowest BCUT2D eigenvalue weighted by Crippen LogP contribution is -2.43. The molecule has 2 aromatic heterocycles. The maximum absolute atomic E-state index is 13.7. The fourth-order valence-corrected chi connectivity index (χ4v) is 8.65. The van der Waals surface area contributed by atoms with Crippen LogP contribution in [0.1, 0.15) is 63.6 Å². The lowest BCUT2D eigenvalue weighted by molar-refractivity contribution is -0.131. The van der Waals surface area contributed by atoms with Crippen molar-refractivity contribution in [2.75, 3.05) is 13.7 Å². The topological polar surface area (TPSA) is 137 Å². The Labute approximate surface area is 268 Å². The first kappa shape index (κ1) is 31.6. The maximum Gasteiger partial charge on any atom is 0.240 e. The second kappa shape index (κ2) is 11.8. The lowest BCUT2D eigenvalue weighted by atomic mass is 9.88. The van der Waals surface area contributed by atoms with Gasteiger partial charge in [-0.3, -0.25) is 14.3 Å². The van der Waals surface area contributed by atoms with Crippen molar-refractivity contribution in [3.8, 4) is 22.2 Å². The average Bonchev–Trinajstić information content (AvgIpc) is 3.89. The number of hydrogen-bond donors (Lipinski definition) is 2. The zero-order valence-electron chi connectivity index (χ0n) is 26.3. The number of ketones is 1. The molecule has 1 aliphatic heterocycles. The normalized spacial score (nSPS) is 26.2. The zero-order chi connectivity index (χ0) is 32.3. The van der Waals surface area contributed by atoms with Gasteiger partial charge in [-0.2, -0.15) is 0 Å². The molecule has 2 aliphatic carbocycles. The van der Waals surface area contributed by atoms with Crippen molar-refractivity contribution in [1.82, 2.24) is 20.0 Å². The summed E-state index contributed by atoms with van der Waals surface area (Å²) in [4.78, 5) is 36.7. The van der Waals surface area contributed by atoms with E-state index in [1.807, 2.05) is 32.0 Å². The van der Waals surface area contributed by atoms with E-state index in [0.29, 0.717) is 37.3 Å². The van der Waals surface area contributed by atoms with Crippen LogP contribution in [0.2, 0.25) is 0 Å². The summed E-state index contributed by atoms with van der Waals surface area (Å²) in [5.41, 5.74) is 2.27. The number of amides is 1. The molecule has 0 bridgehead atoms. The van der Waals surface area contributed by atoms with E-state index >= 15 is 0 Å². The highest BCUT2D eigenvalue weighted by atomic mass is 32.2. The van der Waals surface area contributed by atoms with E-state index < -0.39 is 32.6 Å². The molecule has 0 unspecified atom stereocenters. The van der Waals surface area contributed by atoms with Crippen LogP contribution >= 0.6 is 11.3 Å². The molecular weight excluding hydrogens is 613 g/mol. The molecule has 1 amide bonds. The molecule has 1 aromatic carbocycles. The molecule has 2 saturated carbocycles. The van der Waals surface area contributed by atoms with Crippen LogP contribution in [-0.2, 0) is 19.6 Å². The Hall–Kier alpha value is -3.35. The van der Waals surface area contributed by atoms with Crippen molar-refractivity contribution in [1.29, 1.82) is 0 Å². The van der Waals surface area contributed by atoms with Gasteiger partial charge in [-0.25, -0.2) is 18.4 Å². The summed E-state index contributed by atoms with van der Waals surface area (Å²) in [5, 5.41) is 6.48. The number of benzene rings is 1. The van der Waals surface area contributed by atoms with E-state index in [-0.39, 0.29) is 36.1 Å². The van der Waals surface area contributed by atoms with Crippen LogP contribution in [0.15, 0.2) is 36.2 Å². The summed E-state index contributed by atoms with van der Waals surface area (Å²) < 4.78 is 39.5. The molecule has 45 heavy (non-hydrogen) atoms. The summed E-state index contributed by atoms with van der Waals surface area (Å²) in [7, 11) is -2.09. The van der Waals surface area contributed by atoms with E-state index in [1.54, 1.807) is 24.5 Å². The number of aromatic nitrogens is 2. The Balaban J connectivity index is 1.23. The summed E-state index contributed by atoms with van der Waals surface area (Å²) in [6, 6.07) is 5.20.